The van der Waals surface area contributed by atoms with E-state index in [0.29, 0.717) is 16.9 Å². The highest BCUT2D eigenvalue weighted by molar-refractivity contribution is 9.13. The highest BCUT2D eigenvalue weighted by Gasteiger charge is 2.11. The van der Waals surface area contributed by atoms with Crippen LogP contribution in [0.15, 0.2) is 15.1 Å². The van der Waals surface area contributed by atoms with E-state index < -0.39 is 0 Å². The quantitative estimate of drug-likeness (QED) is 0.784. The second-order valence-corrected chi connectivity index (χ2v) is 4.80. The lowest BCUT2D eigenvalue weighted by Gasteiger charge is -2.03. The van der Waals surface area contributed by atoms with Gasteiger partial charge in [-0.25, -0.2) is 0 Å². The molecule has 1 aromatic rings. The Morgan fingerprint density at radius 2 is 2.18 bits per heavy atom. The van der Waals surface area contributed by atoms with E-state index in [4.69, 9.17) is 4.74 Å². The van der Waals surface area contributed by atoms with Crippen molar-refractivity contribution in [2.75, 3.05) is 13.2 Å². The van der Waals surface area contributed by atoms with Gasteiger partial charge in [-0.15, -0.1) is 0 Å². The maximum absolute atomic E-state index is 11.6. The number of aromatic nitrogens is 1. The number of hydrogen-bond donors (Lipinski definition) is 2. The van der Waals surface area contributed by atoms with Crippen LogP contribution >= 0.6 is 31.9 Å². The summed E-state index contributed by atoms with van der Waals surface area (Å²) in [5.41, 5.74) is 0.424. The number of nitrogens with one attached hydrogen (secondary N) is 2. The van der Waals surface area contributed by atoms with Gasteiger partial charge in [-0.2, -0.15) is 0 Å². The topological polar surface area (TPSA) is 71.2 Å². The van der Waals surface area contributed by atoms with E-state index in [2.05, 4.69) is 42.2 Å². The number of carbonyl (C=O) groups excluding carboxylic acids is 2. The van der Waals surface area contributed by atoms with Crippen molar-refractivity contribution in [1.29, 1.82) is 0 Å². The first kappa shape index (κ1) is 14.2. The summed E-state index contributed by atoms with van der Waals surface area (Å²) >= 11 is 6.50. The zero-order chi connectivity index (χ0) is 12.8. The molecule has 0 unspecified atom stereocenters. The molecular formula is C10H12Br2N2O3. The molecule has 0 aliphatic rings. The number of ether oxygens (including phenoxy) is 1. The zero-order valence-corrected chi connectivity index (χ0v) is 12.4. The Hall–Kier alpha value is -0.820. The standard InChI is InChI=1S/C10H12Br2N2O3/c1-2-17-8(15)3-4-13-10(16)7-5-6(11)9(12)14-7/h5,14H,2-4H2,1H3,(H,13,16). The Labute approximate surface area is 116 Å². The van der Waals surface area contributed by atoms with Gasteiger partial charge in [0.05, 0.1) is 22.1 Å². The Kier molecular flexibility index (Phi) is 5.70. The van der Waals surface area contributed by atoms with Crippen LogP contribution in [0.1, 0.15) is 23.8 Å². The number of carbonyl (C=O) groups is 2. The minimum absolute atomic E-state index is 0.169. The van der Waals surface area contributed by atoms with Crippen molar-refractivity contribution in [1.82, 2.24) is 10.3 Å². The van der Waals surface area contributed by atoms with Crippen LogP contribution in [0.5, 0.6) is 0 Å². The molecule has 0 aliphatic heterocycles. The Morgan fingerprint density at radius 1 is 1.47 bits per heavy atom. The first-order chi connectivity index (χ1) is 8.04. The van der Waals surface area contributed by atoms with Gasteiger partial charge in [0.15, 0.2) is 0 Å². The van der Waals surface area contributed by atoms with Gasteiger partial charge in [0, 0.05) is 6.54 Å². The fourth-order valence-corrected chi connectivity index (χ4v) is 1.79. The molecule has 2 N–H and O–H groups in total. The number of rotatable bonds is 5. The van der Waals surface area contributed by atoms with E-state index in [0.717, 1.165) is 4.47 Å². The van der Waals surface area contributed by atoms with Crippen LogP contribution in [0.3, 0.4) is 0 Å². The summed E-state index contributed by atoms with van der Waals surface area (Å²) < 4.78 is 6.21. The molecular weight excluding hydrogens is 356 g/mol. The summed E-state index contributed by atoms with van der Waals surface area (Å²) in [4.78, 5) is 25.5. The minimum Gasteiger partial charge on any atom is -0.466 e. The molecule has 0 atom stereocenters. The fourth-order valence-electron chi connectivity index (χ4n) is 1.13. The van der Waals surface area contributed by atoms with Crippen molar-refractivity contribution in [2.45, 2.75) is 13.3 Å². The molecule has 94 valence electrons. The normalized spacial score (nSPS) is 10.1. The number of hydrogen-bond acceptors (Lipinski definition) is 3. The first-order valence-electron chi connectivity index (χ1n) is 5.02. The summed E-state index contributed by atoms with van der Waals surface area (Å²) in [5.74, 6) is -0.581. The molecule has 0 saturated carbocycles. The lowest BCUT2D eigenvalue weighted by atomic mass is 10.3. The van der Waals surface area contributed by atoms with Crippen LogP contribution in [0.2, 0.25) is 0 Å². The van der Waals surface area contributed by atoms with Gasteiger partial charge in [0.25, 0.3) is 5.91 Å². The maximum atomic E-state index is 11.6. The third-order valence-corrected chi connectivity index (χ3v) is 3.67. The van der Waals surface area contributed by atoms with Crippen molar-refractivity contribution >= 4 is 43.7 Å². The highest BCUT2D eigenvalue weighted by atomic mass is 79.9. The number of esters is 1. The molecule has 0 saturated heterocycles. The van der Waals surface area contributed by atoms with E-state index in [1.807, 2.05) is 0 Å². The number of H-pyrrole nitrogens is 1. The summed E-state index contributed by atoms with van der Waals surface area (Å²) in [6.07, 6.45) is 0.169. The predicted molar refractivity (Wildman–Crippen MR) is 69.8 cm³/mol. The van der Waals surface area contributed by atoms with E-state index >= 15 is 0 Å². The molecule has 0 fully saturated rings. The van der Waals surface area contributed by atoms with Crippen molar-refractivity contribution in [2.24, 2.45) is 0 Å². The molecule has 1 aromatic heterocycles. The summed E-state index contributed by atoms with van der Waals surface area (Å²) in [7, 11) is 0. The van der Waals surface area contributed by atoms with Gasteiger partial charge in [-0.1, -0.05) is 0 Å². The smallest absolute Gasteiger partial charge is 0.307 e. The highest BCUT2D eigenvalue weighted by Crippen LogP contribution is 2.22. The molecule has 1 amide bonds. The largest absolute Gasteiger partial charge is 0.466 e. The lowest BCUT2D eigenvalue weighted by molar-refractivity contribution is -0.142. The molecule has 1 heterocycles. The molecule has 7 heteroatoms. The average Bonchev–Trinajstić information content (AvgIpc) is 2.59. The number of amides is 1. The van der Waals surface area contributed by atoms with Crippen molar-refractivity contribution in [3.05, 3.63) is 20.8 Å². The van der Waals surface area contributed by atoms with Crippen molar-refractivity contribution in [3.8, 4) is 0 Å². The van der Waals surface area contributed by atoms with E-state index in [1.54, 1.807) is 13.0 Å². The lowest BCUT2D eigenvalue weighted by Crippen LogP contribution is -2.26. The first-order valence-corrected chi connectivity index (χ1v) is 6.61. The molecule has 5 nitrogen and oxygen atoms in total. The SMILES string of the molecule is CCOC(=O)CCNC(=O)c1cc(Br)c(Br)[nH]1. The third kappa shape index (κ3) is 4.51. The van der Waals surface area contributed by atoms with Crippen LogP contribution in [-0.2, 0) is 9.53 Å². The average molecular weight is 368 g/mol. The van der Waals surface area contributed by atoms with Crippen LogP contribution in [0, 0.1) is 0 Å². The molecule has 0 bridgehead atoms. The Morgan fingerprint density at radius 3 is 2.71 bits per heavy atom. The van der Waals surface area contributed by atoms with Gasteiger partial charge in [0.1, 0.15) is 5.69 Å². The molecule has 1 rings (SSSR count). The molecule has 0 radical (unpaired) electrons. The van der Waals surface area contributed by atoms with Gasteiger partial charge in [0.2, 0.25) is 0 Å². The number of aromatic amines is 1. The second kappa shape index (κ2) is 6.80. The van der Waals surface area contributed by atoms with Gasteiger partial charge >= 0.3 is 5.97 Å². The third-order valence-electron chi connectivity index (χ3n) is 1.89. The van der Waals surface area contributed by atoms with Gasteiger partial charge in [-0.3, -0.25) is 9.59 Å². The molecule has 17 heavy (non-hydrogen) atoms. The van der Waals surface area contributed by atoms with Crippen LogP contribution in [0.4, 0.5) is 0 Å². The minimum atomic E-state index is -0.318. The fraction of sp³-hybridized carbons (Fsp3) is 0.400. The van der Waals surface area contributed by atoms with Crippen LogP contribution in [0.25, 0.3) is 0 Å². The van der Waals surface area contributed by atoms with Crippen LogP contribution < -0.4 is 5.32 Å². The monoisotopic (exact) mass is 366 g/mol. The number of halogens is 2. The maximum Gasteiger partial charge on any atom is 0.307 e. The summed E-state index contributed by atoms with van der Waals surface area (Å²) in [6, 6.07) is 1.66. The van der Waals surface area contributed by atoms with Gasteiger partial charge < -0.3 is 15.0 Å². The molecule has 0 aromatic carbocycles. The van der Waals surface area contributed by atoms with Crippen molar-refractivity contribution in [3.63, 3.8) is 0 Å². The molecule has 0 spiro atoms. The second-order valence-electron chi connectivity index (χ2n) is 3.16. The zero-order valence-electron chi connectivity index (χ0n) is 9.18. The van der Waals surface area contributed by atoms with Crippen LogP contribution in [-0.4, -0.2) is 30.0 Å². The summed E-state index contributed by atoms with van der Waals surface area (Å²) in [5, 5.41) is 2.62. The Balaban J connectivity index is 2.37. The van der Waals surface area contributed by atoms with E-state index in [1.165, 1.54) is 0 Å². The van der Waals surface area contributed by atoms with Gasteiger partial charge in [-0.05, 0) is 44.8 Å². The van der Waals surface area contributed by atoms with Crippen molar-refractivity contribution < 1.29 is 14.3 Å². The van der Waals surface area contributed by atoms with E-state index in [9.17, 15) is 9.59 Å². The summed E-state index contributed by atoms with van der Waals surface area (Å²) in [6.45, 7) is 2.35. The van der Waals surface area contributed by atoms with E-state index in [-0.39, 0.29) is 24.8 Å². The molecule has 0 aliphatic carbocycles. The Bertz CT molecular complexity index is 398. The predicted octanol–water partition coefficient (Wildman–Crippen LogP) is 2.22.